The van der Waals surface area contributed by atoms with E-state index in [-0.39, 0.29) is 24.7 Å². The maximum Gasteiger partial charge on any atom is 0.416 e. The molecule has 0 saturated carbocycles. The van der Waals surface area contributed by atoms with Crippen LogP contribution in [0, 0.1) is 0 Å². The van der Waals surface area contributed by atoms with Gasteiger partial charge in [-0.15, -0.1) is 0 Å². The molecule has 0 radical (unpaired) electrons. The molecule has 2 atom stereocenters. The molecular weight excluding hydrogens is 386 g/mol. The van der Waals surface area contributed by atoms with Crippen LogP contribution in [0.4, 0.5) is 26.3 Å². The second kappa shape index (κ2) is 8.93. The second-order valence-electron chi connectivity index (χ2n) is 6.47. The first-order chi connectivity index (χ1) is 13.0. The fourth-order valence-corrected chi connectivity index (χ4v) is 2.66. The quantitative estimate of drug-likeness (QED) is 0.614. The largest absolute Gasteiger partial charge is 0.416 e. The van der Waals surface area contributed by atoms with Crippen molar-refractivity contribution in [2.45, 2.75) is 37.5 Å². The smallest absolute Gasteiger partial charge is 0.390 e. The number of aliphatic hydroxyl groups is 1. The minimum atomic E-state index is -4.90. The molecule has 0 fully saturated rings. The molecule has 0 bridgehead atoms. The molecule has 0 heterocycles. The van der Waals surface area contributed by atoms with Crippen LogP contribution in [0.2, 0.25) is 0 Å². The summed E-state index contributed by atoms with van der Waals surface area (Å²) in [6, 6.07) is 9.88. The molecule has 2 aromatic rings. The number of aliphatic hydroxyl groups excluding tert-OH is 1. The van der Waals surface area contributed by atoms with Crippen LogP contribution in [0.15, 0.2) is 48.5 Å². The van der Waals surface area contributed by atoms with Crippen LogP contribution in [0.1, 0.15) is 22.3 Å². The van der Waals surface area contributed by atoms with E-state index in [1.165, 1.54) is 0 Å². The average Bonchev–Trinajstić information content (AvgIpc) is 2.60. The summed E-state index contributed by atoms with van der Waals surface area (Å²) in [4.78, 5) is 0. The minimum Gasteiger partial charge on any atom is -0.390 e. The van der Waals surface area contributed by atoms with E-state index in [1.807, 2.05) is 30.3 Å². The maximum atomic E-state index is 12.9. The highest BCUT2D eigenvalue weighted by Crippen LogP contribution is 2.36. The third kappa shape index (κ3) is 6.50. The zero-order valence-corrected chi connectivity index (χ0v) is 14.7. The highest BCUT2D eigenvalue weighted by atomic mass is 19.4. The summed E-state index contributed by atoms with van der Waals surface area (Å²) in [5, 5.41) is 12.7. The molecule has 0 aliphatic rings. The average molecular weight is 406 g/mol. The van der Waals surface area contributed by atoms with Gasteiger partial charge in [0.2, 0.25) is 0 Å². The molecule has 0 aromatic heterocycles. The Morgan fingerprint density at radius 2 is 1.39 bits per heavy atom. The van der Waals surface area contributed by atoms with Crippen LogP contribution in [0.25, 0.3) is 0 Å². The highest BCUT2D eigenvalue weighted by Gasteiger charge is 2.36. The van der Waals surface area contributed by atoms with Gasteiger partial charge in [0.05, 0.1) is 17.2 Å². The first-order valence-electron chi connectivity index (χ1n) is 8.43. The zero-order valence-electron chi connectivity index (χ0n) is 14.7. The maximum absolute atomic E-state index is 12.9. The van der Waals surface area contributed by atoms with Crippen molar-refractivity contribution in [3.05, 3.63) is 70.8 Å². The van der Waals surface area contributed by atoms with Gasteiger partial charge < -0.3 is 16.2 Å². The minimum absolute atomic E-state index is 0.0775. The standard InChI is InChI=1S/C19H20F6N2O/c20-18(21,22)14-6-13(7-15(9-14)19(23,24)25)10-27-11-17(28)16(26)8-12-4-2-1-3-5-12/h1-7,9,16-17,27-28H,8,10-11,26H2/t16?,17-/m0/s1. The fourth-order valence-electron chi connectivity index (χ4n) is 2.66. The summed E-state index contributed by atoms with van der Waals surface area (Å²) in [5.41, 5.74) is 3.87. The van der Waals surface area contributed by atoms with E-state index in [1.54, 1.807) is 0 Å². The van der Waals surface area contributed by atoms with E-state index >= 15 is 0 Å². The van der Waals surface area contributed by atoms with Crippen LogP contribution in [-0.2, 0) is 25.3 Å². The summed E-state index contributed by atoms with van der Waals surface area (Å²) < 4.78 is 77.1. The van der Waals surface area contributed by atoms with E-state index in [0.717, 1.165) is 5.56 Å². The van der Waals surface area contributed by atoms with Crippen LogP contribution < -0.4 is 11.1 Å². The zero-order chi connectivity index (χ0) is 20.9. The van der Waals surface area contributed by atoms with Crippen molar-refractivity contribution in [3.63, 3.8) is 0 Å². The molecule has 2 aromatic carbocycles. The first kappa shape index (κ1) is 22.2. The molecule has 154 valence electrons. The number of hydrogen-bond donors (Lipinski definition) is 3. The van der Waals surface area contributed by atoms with Gasteiger partial charge in [-0.3, -0.25) is 0 Å². The van der Waals surface area contributed by atoms with Crippen molar-refractivity contribution in [2.24, 2.45) is 5.73 Å². The summed E-state index contributed by atoms with van der Waals surface area (Å²) in [7, 11) is 0. The van der Waals surface area contributed by atoms with E-state index in [2.05, 4.69) is 5.32 Å². The number of rotatable bonds is 7. The van der Waals surface area contributed by atoms with Crippen molar-refractivity contribution in [1.82, 2.24) is 5.32 Å². The van der Waals surface area contributed by atoms with Crippen LogP contribution in [0.3, 0.4) is 0 Å². The van der Waals surface area contributed by atoms with E-state index in [9.17, 15) is 31.4 Å². The van der Waals surface area contributed by atoms with Crippen molar-refractivity contribution in [1.29, 1.82) is 0 Å². The third-order valence-corrected chi connectivity index (χ3v) is 4.14. The van der Waals surface area contributed by atoms with Gasteiger partial charge in [-0.2, -0.15) is 26.3 Å². The Hall–Kier alpha value is -2.10. The van der Waals surface area contributed by atoms with Crippen molar-refractivity contribution >= 4 is 0 Å². The molecule has 28 heavy (non-hydrogen) atoms. The Morgan fingerprint density at radius 3 is 1.89 bits per heavy atom. The third-order valence-electron chi connectivity index (χ3n) is 4.14. The summed E-state index contributed by atoms with van der Waals surface area (Å²) >= 11 is 0. The second-order valence-corrected chi connectivity index (χ2v) is 6.47. The molecule has 3 nitrogen and oxygen atoms in total. The first-order valence-corrected chi connectivity index (χ1v) is 8.43. The van der Waals surface area contributed by atoms with Gasteiger partial charge in [0.15, 0.2) is 0 Å². The van der Waals surface area contributed by atoms with Gasteiger partial charge in [0.1, 0.15) is 0 Å². The van der Waals surface area contributed by atoms with Crippen LogP contribution in [-0.4, -0.2) is 23.8 Å². The van der Waals surface area contributed by atoms with Crippen LogP contribution >= 0.6 is 0 Å². The topological polar surface area (TPSA) is 58.3 Å². The molecule has 0 saturated heterocycles. The number of alkyl halides is 6. The Labute approximate surface area is 158 Å². The molecule has 1 unspecified atom stereocenters. The van der Waals surface area contributed by atoms with Gasteiger partial charge in [-0.05, 0) is 35.7 Å². The normalized spacial score (nSPS) is 14.7. The van der Waals surface area contributed by atoms with Gasteiger partial charge in [0.25, 0.3) is 0 Å². The van der Waals surface area contributed by atoms with Crippen molar-refractivity contribution < 1.29 is 31.4 Å². The van der Waals surface area contributed by atoms with Gasteiger partial charge in [0, 0.05) is 19.1 Å². The lowest BCUT2D eigenvalue weighted by atomic mass is 10.0. The Bertz CT molecular complexity index is 729. The van der Waals surface area contributed by atoms with Gasteiger partial charge in [-0.25, -0.2) is 0 Å². The fraction of sp³-hybridized carbons (Fsp3) is 0.368. The molecule has 4 N–H and O–H groups in total. The Balaban J connectivity index is 1.99. The lowest BCUT2D eigenvalue weighted by Gasteiger charge is -2.20. The van der Waals surface area contributed by atoms with Gasteiger partial charge >= 0.3 is 12.4 Å². The summed E-state index contributed by atoms with van der Waals surface area (Å²) in [6.07, 6.45) is -10.4. The molecule has 0 aliphatic heterocycles. The Morgan fingerprint density at radius 1 is 0.857 bits per heavy atom. The van der Waals surface area contributed by atoms with E-state index in [4.69, 9.17) is 5.73 Å². The molecular formula is C19H20F6N2O. The molecule has 2 rings (SSSR count). The summed E-state index contributed by atoms with van der Waals surface area (Å²) in [5.74, 6) is 0. The lowest BCUT2D eigenvalue weighted by molar-refractivity contribution is -0.143. The number of benzene rings is 2. The highest BCUT2D eigenvalue weighted by molar-refractivity contribution is 5.33. The predicted molar refractivity (Wildman–Crippen MR) is 92.3 cm³/mol. The van der Waals surface area contributed by atoms with Crippen molar-refractivity contribution in [2.75, 3.05) is 6.54 Å². The molecule has 0 spiro atoms. The van der Waals surface area contributed by atoms with E-state index < -0.39 is 35.6 Å². The SMILES string of the molecule is NC(Cc1ccccc1)[C@@H](O)CNCc1cc(C(F)(F)F)cc(C(F)(F)F)c1. The molecule has 9 heteroatoms. The number of nitrogens with one attached hydrogen (secondary N) is 1. The lowest BCUT2D eigenvalue weighted by Crippen LogP contribution is -2.43. The predicted octanol–water partition coefficient (Wildman–Crippen LogP) is 3.74. The number of nitrogens with two attached hydrogens (primary N) is 1. The van der Waals surface area contributed by atoms with Crippen molar-refractivity contribution in [3.8, 4) is 0 Å². The monoisotopic (exact) mass is 406 g/mol. The van der Waals surface area contributed by atoms with E-state index in [0.29, 0.717) is 18.6 Å². The summed E-state index contributed by atoms with van der Waals surface area (Å²) in [6.45, 7) is -0.353. The Kier molecular flexibility index (Phi) is 7.08. The van der Waals surface area contributed by atoms with Gasteiger partial charge in [-0.1, -0.05) is 30.3 Å². The molecule has 0 aliphatic carbocycles. The number of hydrogen-bond acceptors (Lipinski definition) is 3. The molecule has 0 amide bonds. The number of halogens is 6. The van der Waals surface area contributed by atoms with Crippen LogP contribution in [0.5, 0.6) is 0 Å².